The standard InChI is InChI=1S/C11H22N2O2/c1-9(4-5-12)11(14)13-6-7-15-8-10-2-3-10/h9-10H,2-8,12H2,1H3,(H,13,14). The van der Waals surface area contributed by atoms with Gasteiger partial charge in [0.2, 0.25) is 5.91 Å². The van der Waals surface area contributed by atoms with Crippen molar-refractivity contribution in [2.45, 2.75) is 26.2 Å². The summed E-state index contributed by atoms with van der Waals surface area (Å²) in [5.74, 6) is 0.880. The Labute approximate surface area is 91.5 Å². The summed E-state index contributed by atoms with van der Waals surface area (Å²) in [6, 6.07) is 0. The van der Waals surface area contributed by atoms with Crippen molar-refractivity contribution in [3.05, 3.63) is 0 Å². The lowest BCUT2D eigenvalue weighted by atomic mass is 10.1. The average molecular weight is 214 g/mol. The Morgan fingerprint density at radius 1 is 1.60 bits per heavy atom. The van der Waals surface area contributed by atoms with Crippen LogP contribution in [-0.4, -0.2) is 32.2 Å². The molecule has 0 aliphatic heterocycles. The molecule has 0 radical (unpaired) electrons. The Bertz CT molecular complexity index is 193. The minimum absolute atomic E-state index is 0.0124. The highest BCUT2D eigenvalue weighted by Gasteiger charge is 2.20. The third-order valence-electron chi connectivity index (χ3n) is 2.64. The van der Waals surface area contributed by atoms with E-state index in [0.717, 1.165) is 18.9 Å². The monoisotopic (exact) mass is 214 g/mol. The molecule has 1 aliphatic carbocycles. The van der Waals surface area contributed by atoms with E-state index < -0.39 is 0 Å². The van der Waals surface area contributed by atoms with Crippen molar-refractivity contribution in [1.29, 1.82) is 0 Å². The molecule has 1 aliphatic rings. The smallest absolute Gasteiger partial charge is 0.222 e. The van der Waals surface area contributed by atoms with E-state index >= 15 is 0 Å². The zero-order valence-electron chi connectivity index (χ0n) is 9.50. The number of ether oxygens (including phenoxy) is 1. The summed E-state index contributed by atoms with van der Waals surface area (Å²) in [5.41, 5.74) is 5.38. The number of nitrogens with two attached hydrogens (primary N) is 1. The lowest BCUT2D eigenvalue weighted by Gasteiger charge is -2.10. The first-order valence-corrected chi connectivity index (χ1v) is 5.79. The van der Waals surface area contributed by atoms with Gasteiger partial charge in [0.1, 0.15) is 0 Å². The molecular formula is C11H22N2O2. The Hall–Kier alpha value is -0.610. The topological polar surface area (TPSA) is 64.4 Å². The normalized spacial score (nSPS) is 17.5. The van der Waals surface area contributed by atoms with E-state index in [1.807, 2.05) is 6.92 Å². The molecule has 1 fully saturated rings. The van der Waals surface area contributed by atoms with E-state index in [0.29, 0.717) is 19.7 Å². The molecule has 0 heterocycles. The first-order chi connectivity index (χ1) is 7.24. The quantitative estimate of drug-likeness (QED) is 0.579. The number of hydrogen-bond donors (Lipinski definition) is 2. The van der Waals surface area contributed by atoms with Crippen molar-refractivity contribution < 1.29 is 9.53 Å². The summed E-state index contributed by atoms with van der Waals surface area (Å²) in [4.78, 5) is 11.4. The predicted octanol–water partition coefficient (Wildman–Crippen LogP) is 0.514. The van der Waals surface area contributed by atoms with Gasteiger partial charge in [0.15, 0.2) is 0 Å². The summed E-state index contributed by atoms with van der Waals surface area (Å²) >= 11 is 0. The molecule has 1 atom stereocenters. The highest BCUT2D eigenvalue weighted by atomic mass is 16.5. The van der Waals surface area contributed by atoms with Gasteiger partial charge >= 0.3 is 0 Å². The van der Waals surface area contributed by atoms with Crippen LogP contribution in [0.15, 0.2) is 0 Å². The van der Waals surface area contributed by atoms with Gasteiger partial charge in [-0.3, -0.25) is 4.79 Å². The van der Waals surface area contributed by atoms with Gasteiger partial charge < -0.3 is 15.8 Å². The highest BCUT2D eigenvalue weighted by molar-refractivity contribution is 5.78. The fraction of sp³-hybridized carbons (Fsp3) is 0.909. The summed E-state index contributed by atoms with van der Waals surface area (Å²) in [6.45, 7) is 4.55. The van der Waals surface area contributed by atoms with E-state index in [2.05, 4.69) is 5.32 Å². The van der Waals surface area contributed by atoms with Gasteiger partial charge in [-0.2, -0.15) is 0 Å². The molecule has 1 amide bonds. The molecule has 0 aromatic heterocycles. The van der Waals surface area contributed by atoms with Crippen molar-refractivity contribution in [2.75, 3.05) is 26.3 Å². The zero-order valence-corrected chi connectivity index (χ0v) is 9.50. The second-order valence-electron chi connectivity index (χ2n) is 4.29. The van der Waals surface area contributed by atoms with E-state index in [-0.39, 0.29) is 11.8 Å². The van der Waals surface area contributed by atoms with Gasteiger partial charge in [-0.25, -0.2) is 0 Å². The molecule has 0 aromatic rings. The molecular weight excluding hydrogens is 192 g/mol. The summed E-state index contributed by atoms with van der Waals surface area (Å²) < 4.78 is 5.41. The molecule has 88 valence electrons. The maximum absolute atomic E-state index is 11.4. The predicted molar refractivity (Wildman–Crippen MR) is 59.4 cm³/mol. The summed E-state index contributed by atoms with van der Waals surface area (Å²) in [5, 5.41) is 2.84. The molecule has 0 aromatic carbocycles. The third-order valence-corrected chi connectivity index (χ3v) is 2.64. The van der Waals surface area contributed by atoms with Gasteiger partial charge in [-0.1, -0.05) is 6.92 Å². The first-order valence-electron chi connectivity index (χ1n) is 5.79. The Morgan fingerprint density at radius 2 is 2.33 bits per heavy atom. The zero-order chi connectivity index (χ0) is 11.1. The third kappa shape index (κ3) is 5.74. The number of rotatable bonds is 8. The number of hydrogen-bond acceptors (Lipinski definition) is 3. The van der Waals surface area contributed by atoms with Crippen LogP contribution in [0.25, 0.3) is 0 Å². The van der Waals surface area contributed by atoms with Gasteiger partial charge in [-0.05, 0) is 31.7 Å². The SMILES string of the molecule is CC(CCN)C(=O)NCCOCC1CC1. The molecule has 4 heteroatoms. The van der Waals surface area contributed by atoms with Crippen molar-refractivity contribution >= 4 is 5.91 Å². The fourth-order valence-corrected chi connectivity index (χ4v) is 1.34. The molecule has 0 saturated heterocycles. The number of carbonyl (C=O) groups is 1. The number of nitrogens with one attached hydrogen (secondary N) is 1. The van der Waals surface area contributed by atoms with E-state index in [1.165, 1.54) is 12.8 Å². The van der Waals surface area contributed by atoms with Gasteiger partial charge in [0.25, 0.3) is 0 Å². The molecule has 1 rings (SSSR count). The van der Waals surface area contributed by atoms with Crippen molar-refractivity contribution in [1.82, 2.24) is 5.32 Å². The molecule has 15 heavy (non-hydrogen) atoms. The maximum atomic E-state index is 11.4. The summed E-state index contributed by atoms with van der Waals surface area (Å²) in [7, 11) is 0. The van der Waals surface area contributed by atoms with E-state index in [1.54, 1.807) is 0 Å². The maximum Gasteiger partial charge on any atom is 0.222 e. The molecule has 1 saturated carbocycles. The van der Waals surface area contributed by atoms with Gasteiger partial charge in [0.05, 0.1) is 6.61 Å². The highest BCUT2D eigenvalue weighted by Crippen LogP contribution is 2.28. The lowest BCUT2D eigenvalue weighted by molar-refractivity contribution is -0.124. The number of amides is 1. The molecule has 0 spiro atoms. The van der Waals surface area contributed by atoms with Crippen LogP contribution >= 0.6 is 0 Å². The van der Waals surface area contributed by atoms with Crippen LogP contribution in [0.4, 0.5) is 0 Å². The van der Waals surface area contributed by atoms with Crippen molar-refractivity contribution in [3.63, 3.8) is 0 Å². The Balaban J connectivity index is 1.90. The van der Waals surface area contributed by atoms with Gasteiger partial charge in [-0.15, -0.1) is 0 Å². The Kier molecular flexibility index (Phi) is 5.65. The molecule has 4 nitrogen and oxygen atoms in total. The fourth-order valence-electron chi connectivity index (χ4n) is 1.34. The van der Waals surface area contributed by atoms with Crippen molar-refractivity contribution in [2.24, 2.45) is 17.6 Å². The minimum atomic E-state index is 0.0124. The second kappa shape index (κ2) is 6.80. The van der Waals surface area contributed by atoms with Crippen molar-refractivity contribution in [3.8, 4) is 0 Å². The minimum Gasteiger partial charge on any atom is -0.379 e. The Morgan fingerprint density at radius 3 is 2.93 bits per heavy atom. The first kappa shape index (κ1) is 12.5. The van der Waals surface area contributed by atoms with E-state index in [4.69, 9.17) is 10.5 Å². The largest absolute Gasteiger partial charge is 0.379 e. The van der Waals surface area contributed by atoms with Crippen LogP contribution in [-0.2, 0) is 9.53 Å². The molecule has 1 unspecified atom stereocenters. The number of carbonyl (C=O) groups excluding carboxylic acids is 1. The average Bonchev–Trinajstić information content (AvgIpc) is 3.01. The van der Waals surface area contributed by atoms with Crippen LogP contribution < -0.4 is 11.1 Å². The van der Waals surface area contributed by atoms with Gasteiger partial charge in [0, 0.05) is 19.1 Å². The lowest BCUT2D eigenvalue weighted by Crippen LogP contribution is -2.33. The van der Waals surface area contributed by atoms with Crippen LogP contribution in [0, 0.1) is 11.8 Å². The molecule has 0 bridgehead atoms. The second-order valence-corrected chi connectivity index (χ2v) is 4.29. The van der Waals surface area contributed by atoms with Crippen LogP contribution in [0.1, 0.15) is 26.2 Å². The van der Waals surface area contributed by atoms with Crippen LogP contribution in [0.3, 0.4) is 0 Å². The van der Waals surface area contributed by atoms with Crippen LogP contribution in [0.5, 0.6) is 0 Å². The van der Waals surface area contributed by atoms with E-state index in [9.17, 15) is 4.79 Å². The molecule has 3 N–H and O–H groups in total. The summed E-state index contributed by atoms with van der Waals surface area (Å²) in [6.07, 6.45) is 3.36. The van der Waals surface area contributed by atoms with Crippen LogP contribution in [0.2, 0.25) is 0 Å².